The van der Waals surface area contributed by atoms with Gasteiger partial charge in [-0.1, -0.05) is 18.6 Å². The van der Waals surface area contributed by atoms with E-state index in [-0.39, 0.29) is 11.3 Å². The number of halogens is 1. The molecule has 112 valence electrons. The van der Waals surface area contributed by atoms with Crippen molar-refractivity contribution >= 4 is 11.3 Å². The van der Waals surface area contributed by atoms with Gasteiger partial charge < -0.3 is 9.84 Å². The fourth-order valence-corrected chi connectivity index (χ4v) is 4.14. The highest BCUT2D eigenvalue weighted by Gasteiger charge is 2.22. The van der Waals surface area contributed by atoms with Gasteiger partial charge >= 0.3 is 0 Å². The van der Waals surface area contributed by atoms with Crippen LogP contribution in [0.4, 0.5) is 4.39 Å². The molecule has 0 saturated carbocycles. The molecule has 4 heteroatoms. The molecule has 1 unspecified atom stereocenters. The molecule has 1 aromatic heterocycles. The van der Waals surface area contributed by atoms with E-state index in [1.807, 2.05) is 0 Å². The summed E-state index contributed by atoms with van der Waals surface area (Å²) in [4.78, 5) is 2.18. The Morgan fingerprint density at radius 3 is 2.86 bits per heavy atom. The Kier molecular flexibility index (Phi) is 4.27. The Hall–Kier alpha value is -1.39. The third-order valence-electron chi connectivity index (χ3n) is 4.04. The number of rotatable bonds is 3. The van der Waals surface area contributed by atoms with Crippen LogP contribution in [0.1, 0.15) is 46.2 Å². The minimum atomic E-state index is -0.919. The second-order valence-electron chi connectivity index (χ2n) is 5.42. The molecule has 0 radical (unpaired) electrons. The summed E-state index contributed by atoms with van der Waals surface area (Å²) in [6.07, 6.45) is 4.90. The van der Waals surface area contributed by atoms with Crippen LogP contribution in [-0.4, -0.2) is 12.2 Å². The molecule has 1 atom stereocenters. The SMILES string of the molecule is COc1cccc(C(O)c2cc3c(s2)CCCCC3)c1F. The van der Waals surface area contributed by atoms with Crippen LogP contribution >= 0.6 is 11.3 Å². The maximum atomic E-state index is 14.3. The van der Waals surface area contributed by atoms with Crippen molar-refractivity contribution < 1.29 is 14.2 Å². The van der Waals surface area contributed by atoms with Gasteiger partial charge in [-0.3, -0.25) is 0 Å². The number of methoxy groups -OCH3 is 1. The lowest BCUT2D eigenvalue weighted by atomic mass is 10.0. The predicted molar refractivity (Wildman–Crippen MR) is 82.6 cm³/mol. The van der Waals surface area contributed by atoms with Gasteiger partial charge in [0.1, 0.15) is 6.10 Å². The zero-order valence-corrected chi connectivity index (χ0v) is 12.9. The molecule has 0 spiro atoms. The molecule has 2 nitrogen and oxygen atoms in total. The van der Waals surface area contributed by atoms with Crippen molar-refractivity contribution in [2.45, 2.75) is 38.2 Å². The Labute approximate surface area is 128 Å². The molecule has 0 saturated heterocycles. The maximum absolute atomic E-state index is 14.3. The zero-order chi connectivity index (χ0) is 14.8. The van der Waals surface area contributed by atoms with Gasteiger partial charge in [0.25, 0.3) is 0 Å². The van der Waals surface area contributed by atoms with E-state index in [0.717, 1.165) is 17.7 Å². The summed E-state index contributed by atoms with van der Waals surface area (Å²) in [6, 6.07) is 6.94. The second kappa shape index (κ2) is 6.16. The van der Waals surface area contributed by atoms with Gasteiger partial charge in [-0.25, -0.2) is 4.39 Å². The standard InChI is InChI=1S/C17H19FO2S/c1-20-13-8-5-7-12(16(13)18)17(19)15-10-11-6-3-2-4-9-14(11)21-15/h5,7-8,10,17,19H,2-4,6,9H2,1H3. The number of hydrogen-bond donors (Lipinski definition) is 1. The van der Waals surface area contributed by atoms with Crippen LogP contribution in [0.2, 0.25) is 0 Å². The first-order valence-electron chi connectivity index (χ1n) is 7.32. The molecule has 3 rings (SSSR count). The van der Waals surface area contributed by atoms with Crippen LogP contribution in [0.5, 0.6) is 5.75 Å². The van der Waals surface area contributed by atoms with Crippen LogP contribution in [0.25, 0.3) is 0 Å². The van der Waals surface area contributed by atoms with E-state index in [9.17, 15) is 9.50 Å². The topological polar surface area (TPSA) is 29.5 Å². The quantitative estimate of drug-likeness (QED) is 0.859. The van der Waals surface area contributed by atoms with Gasteiger partial charge in [0, 0.05) is 15.3 Å². The molecule has 0 fully saturated rings. The average Bonchev–Trinajstić information content (AvgIpc) is 2.78. The number of ether oxygens (including phenoxy) is 1. The molecule has 1 aliphatic rings. The van der Waals surface area contributed by atoms with E-state index in [4.69, 9.17) is 4.74 Å². The highest BCUT2D eigenvalue weighted by Crippen LogP contribution is 2.36. The lowest BCUT2D eigenvalue weighted by molar-refractivity contribution is 0.217. The Bertz CT molecular complexity index is 612. The van der Waals surface area contributed by atoms with Crippen molar-refractivity contribution in [3.05, 3.63) is 51.0 Å². The van der Waals surface area contributed by atoms with Crippen LogP contribution in [-0.2, 0) is 12.8 Å². The summed E-state index contributed by atoms with van der Waals surface area (Å²) in [5.74, 6) is -0.305. The third kappa shape index (κ3) is 2.83. The molecule has 0 aliphatic heterocycles. The van der Waals surface area contributed by atoms with Gasteiger partial charge in [-0.2, -0.15) is 0 Å². The van der Waals surface area contributed by atoms with Crippen molar-refractivity contribution in [3.63, 3.8) is 0 Å². The molecular weight excluding hydrogens is 287 g/mol. The first-order chi connectivity index (χ1) is 10.2. The summed E-state index contributed by atoms with van der Waals surface area (Å²) >= 11 is 1.62. The molecule has 0 bridgehead atoms. The van der Waals surface area contributed by atoms with Crippen molar-refractivity contribution in [3.8, 4) is 5.75 Å². The van der Waals surface area contributed by atoms with E-state index in [0.29, 0.717) is 0 Å². The van der Waals surface area contributed by atoms with E-state index in [1.54, 1.807) is 29.5 Å². The summed E-state index contributed by atoms with van der Waals surface area (Å²) in [5, 5.41) is 10.5. The monoisotopic (exact) mass is 306 g/mol. The number of aliphatic hydroxyl groups excluding tert-OH is 1. The second-order valence-corrected chi connectivity index (χ2v) is 6.59. The van der Waals surface area contributed by atoms with E-state index in [2.05, 4.69) is 6.07 Å². The Morgan fingerprint density at radius 2 is 2.05 bits per heavy atom. The highest BCUT2D eigenvalue weighted by atomic mass is 32.1. The van der Waals surface area contributed by atoms with Crippen molar-refractivity contribution in [2.75, 3.05) is 7.11 Å². The number of aryl methyl sites for hydroxylation is 2. The molecule has 1 aliphatic carbocycles. The van der Waals surface area contributed by atoms with Crippen LogP contribution in [0, 0.1) is 5.82 Å². The number of hydrogen-bond acceptors (Lipinski definition) is 3. The summed E-state index contributed by atoms with van der Waals surface area (Å²) in [7, 11) is 1.43. The van der Waals surface area contributed by atoms with Crippen LogP contribution in [0.15, 0.2) is 24.3 Å². The smallest absolute Gasteiger partial charge is 0.171 e. The van der Waals surface area contributed by atoms with Crippen LogP contribution in [0.3, 0.4) is 0 Å². The molecule has 1 N–H and O–H groups in total. The minimum Gasteiger partial charge on any atom is -0.494 e. The average molecular weight is 306 g/mol. The third-order valence-corrected chi connectivity index (χ3v) is 5.33. The number of benzene rings is 1. The van der Waals surface area contributed by atoms with Gasteiger partial charge in [0.05, 0.1) is 7.11 Å². The van der Waals surface area contributed by atoms with Gasteiger partial charge in [0.15, 0.2) is 11.6 Å². The van der Waals surface area contributed by atoms with E-state index in [1.165, 1.54) is 36.8 Å². The van der Waals surface area contributed by atoms with E-state index >= 15 is 0 Å². The fourth-order valence-electron chi connectivity index (χ4n) is 2.88. The lowest BCUT2D eigenvalue weighted by Crippen LogP contribution is -2.02. The molecule has 0 amide bonds. The fraction of sp³-hybridized carbons (Fsp3) is 0.412. The normalized spacial score (nSPS) is 16.1. The minimum absolute atomic E-state index is 0.171. The summed E-state index contributed by atoms with van der Waals surface area (Å²) < 4.78 is 19.3. The Balaban J connectivity index is 1.94. The largest absolute Gasteiger partial charge is 0.494 e. The molecular formula is C17H19FO2S. The highest BCUT2D eigenvalue weighted by molar-refractivity contribution is 7.12. The maximum Gasteiger partial charge on any atom is 0.171 e. The number of fused-ring (bicyclic) bond motifs is 1. The van der Waals surface area contributed by atoms with Crippen molar-refractivity contribution in [1.29, 1.82) is 0 Å². The predicted octanol–water partition coefficient (Wildman–Crippen LogP) is 4.25. The number of aliphatic hydroxyl groups is 1. The van der Waals surface area contributed by atoms with Crippen molar-refractivity contribution in [2.24, 2.45) is 0 Å². The van der Waals surface area contributed by atoms with E-state index < -0.39 is 11.9 Å². The summed E-state index contributed by atoms with van der Waals surface area (Å²) in [6.45, 7) is 0. The van der Waals surface area contributed by atoms with Gasteiger partial charge in [-0.05, 0) is 43.4 Å². The summed E-state index contributed by atoms with van der Waals surface area (Å²) in [5.41, 5.74) is 1.61. The molecule has 1 heterocycles. The number of thiophene rings is 1. The first kappa shape index (κ1) is 14.5. The first-order valence-corrected chi connectivity index (χ1v) is 8.14. The molecule has 21 heavy (non-hydrogen) atoms. The Morgan fingerprint density at radius 1 is 1.24 bits per heavy atom. The van der Waals surface area contributed by atoms with Gasteiger partial charge in [0.2, 0.25) is 0 Å². The van der Waals surface area contributed by atoms with Gasteiger partial charge in [-0.15, -0.1) is 11.3 Å². The van der Waals surface area contributed by atoms with Crippen LogP contribution < -0.4 is 4.74 Å². The molecule has 2 aromatic rings. The molecule has 1 aromatic carbocycles. The zero-order valence-electron chi connectivity index (χ0n) is 12.1. The van der Waals surface area contributed by atoms with Crippen molar-refractivity contribution in [1.82, 2.24) is 0 Å². The lowest BCUT2D eigenvalue weighted by Gasteiger charge is -2.12.